The van der Waals surface area contributed by atoms with Crippen LogP contribution in [0.3, 0.4) is 0 Å². The molecule has 0 spiro atoms. The number of ether oxygens (including phenoxy) is 1. The van der Waals surface area contributed by atoms with Gasteiger partial charge in [0.25, 0.3) is 0 Å². The Morgan fingerprint density at radius 3 is 2.88 bits per heavy atom. The number of nitrogens with one attached hydrogen (secondary N) is 1. The molecule has 0 fully saturated rings. The van der Waals surface area contributed by atoms with E-state index < -0.39 is 0 Å². The van der Waals surface area contributed by atoms with Gasteiger partial charge in [0.1, 0.15) is 0 Å². The fourth-order valence-corrected chi connectivity index (χ4v) is 0.504. The monoisotopic (exact) mass is 130 g/mol. The highest BCUT2D eigenvalue weighted by Crippen LogP contribution is 2.01. The Hall–Kier alpha value is -0.640. The van der Waals surface area contributed by atoms with Gasteiger partial charge < -0.3 is 4.74 Å². The van der Waals surface area contributed by atoms with E-state index in [1.165, 1.54) is 5.41 Å². The van der Waals surface area contributed by atoms with Crippen molar-refractivity contribution in [3.05, 3.63) is 11.3 Å². The van der Waals surface area contributed by atoms with Gasteiger partial charge in [-0.05, 0) is 0 Å². The number of thiol groups is 1. The van der Waals surface area contributed by atoms with Crippen LogP contribution in [0.25, 0.3) is 0 Å². The largest absolute Gasteiger partial charge is 0.423 e. The minimum absolute atomic E-state index is 0.575. The highest BCUT2D eigenvalue weighted by molar-refractivity contribution is 7.83. The van der Waals surface area contributed by atoms with E-state index in [9.17, 15) is 0 Å². The summed E-state index contributed by atoms with van der Waals surface area (Å²) in [6.45, 7) is 1.76. The van der Waals surface area contributed by atoms with Crippen LogP contribution < -0.4 is 5.43 Å². The molecule has 0 amide bonds. The molecule has 0 unspecified atom stereocenters. The molecule has 0 bridgehead atoms. The third-order valence-electron chi connectivity index (χ3n) is 0.698. The van der Waals surface area contributed by atoms with Gasteiger partial charge >= 0.3 is 0 Å². The van der Waals surface area contributed by atoms with Gasteiger partial charge in [0.05, 0.1) is 0 Å². The molecule has 3 nitrogen and oxygen atoms in total. The first-order valence-corrected chi connectivity index (χ1v) is 2.67. The molecule has 8 heavy (non-hydrogen) atoms. The molecule has 0 saturated carbocycles. The molecule has 0 aromatic carbocycles. The van der Waals surface area contributed by atoms with Crippen LogP contribution >= 0.6 is 12.6 Å². The lowest BCUT2D eigenvalue weighted by molar-refractivity contribution is 0.415. The predicted molar refractivity (Wildman–Crippen MR) is 34.4 cm³/mol. The summed E-state index contributed by atoms with van der Waals surface area (Å²) in [6, 6.07) is 0. The molecule has 0 aromatic rings. The van der Waals surface area contributed by atoms with Crippen molar-refractivity contribution in [3.63, 3.8) is 0 Å². The predicted octanol–water partition coefficient (Wildman–Crippen LogP) is 0.668. The van der Waals surface area contributed by atoms with Crippen molar-refractivity contribution in [1.82, 2.24) is 5.43 Å². The molecule has 1 aliphatic heterocycles. The molecule has 1 heterocycles. The van der Waals surface area contributed by atoms with Gasteiger partial charge in [0, 0.05) is 12.3 Å². The van der Waals surface area contributed by atoms with Crippen molar-refractivity contribution in [1.29, 1.82) is 0 Å². The van der Waals surface area contributed by atoms with Crippen molar-refractivity contribution < 1.29 is 4.74 Å². The maximum atomic E-state index is 4.93. The van der Waals surface area contributed by atoms with Crippen molar-refractivity contribution >= 4 is 18.5 Å². The van der Waals surface area contributed by atoms with E-state index in [2.05, 4.69) is 23.2 Å². The van der Waals surface area contributed by atoms with E-state index >= 15 is 0 Å². The summed E-state index contributed by atoms with van der Waals surface area (Å²) in [5.74, 6) is 1.19. The van der Waals surface area contributed by atoms with Crippen LogP contribution in [0, 0.1) is 0 Å². The Kier molecular flexibility index (Phi) is 1.43. The Labute approximate surface area is 52.8 Å². The first-order chi connectivity index (χ1) is 3.83. The van der Waals surface area contributed by atoms with E-state index in [1.54, 1.807) is 6.92 Å². The average Bonchev–Trinajstić information content (AvgIpc) is 2.14. The SMILES string of the molecule is CC1=NNC(=CS)O1. The second-order valence-electron chi connectivity index (χ2n) is 1.34. The lowest BCUT2D eigenvalue weighted by Gasteiger charge is -1.91. The molecule has 0 aromatic heterocycles. The second kappa shape index (κ2) is 2.09. The summed E-state index contributed by atoms with van der Waals surface area (Å²) in [4.78, 5) is 0. The van der Waals surface area contributed by atoms with Gasteiger partial charge in [-0.1, -0.05) is 0 Å². The van der Waals surface area contributed by atoms with Gasteiger partial charge in [-0.3, -0.25) is 0 Å². The minimum atomic E-state index is 0.575. The van der Waals surface area contributed by atoms with Crippen LogP contribution in [-0.2, 0) is 4.74 Å². The number of nitrogens with zero attached hydrogens (tertiary/aromatic N) is 1. The van der Waals surface area contributed by atoms with E-state index in [0.29, 0.717) is 11.8 Å². The van der Waals surface area contributed by atoms with Crippen LogP contribution in [-0.4, -0.2) is 5.90 Å². The standard InChI is InChI=1S/C4H6N2OS/c1-3-5-6-4(2-8)7-3/h2,6,8H,1H3. The Morgan fingerprint density at radius 1 is 1.88 bits per heavy atom. The zero-order chi connectivity index (χ0) is 5.98. The Balaban J connectivity index is 2.56. The second-order valence-corrected chi connectivity index (χ2v) is 1.60. The summed E-state index contributed by atoms with van der Waals surface area (Å²) < 4.78 is 4.93. The Bertz CT molecular complexity index is 152. The van der Waals surface area contributed by atoms with Gasteiger partial charge in [0.2, 0.25) is 11.8 Å². The first kappa shape index (κ1) is 5.50. The number of hydrogen-bond donors (Lipinski definition) is 2. The third-order valence-corrected chi connectivity index (χ3v) is 0.933. The molecule has 0 aliphatic carbocycles. The van der Waals surface area contributed by atoms with Crippen molar-refractivity contribution in [2.75, 3.05) is 0 Å². The summed E-state index contributed by atoms with van der Waals surface area (Å²) >= 11 is 3.83. The molecular formula is C4H6N2OS. The molecule has 44 valence electrons. The van der Waals surface area contributed by atoms with E-state index in [-0.39, 0.29) is 0 Å². The minimum Gasteiger partial charge on any atom is -0.423 e. The third kappa shape index (κ3) is 0.949. The molecule has 0 saturated heterocycles. The Morgan fingerprint density at radius 2 is 2.62 bits per heavy atom. The quantitative estimate of drug-likeness (QED) is 0.472. The summed E-state index contributed by atoms with van der Waals surface area (Å²) in [7, 11) is 0. The van der Waals surface area contributed by atoms with Crippen LogP contribution in [0.1, 0.15) is 6.92 Å². The smallest absolute Gasteiger partial charge is 0.221 e. The summed E-state index contributed by atoms with van der Waals surface area (Å²) in [6.07, 6.45) is 0. The maximum absolute atomic E-state index is 4.93. The van der Waals surface area contributed by atoms with Crippen LogP contribution in [0.5, 0.6) is 0 Å². The average molecular weight is 130 g/mol. The van der Waals surface area contributed by atoms with Crippen molar-refractivity contribution in [3.8, 4) is 0 Å². The van der Waals surface area contributed by atoms with E-state index in [1.807, 2.05) is 0 Å². The fraction of sp³-hybridized carbons (Fsp3) is 0.250. The van der Waals surface area contributed by atoms with Gasteiger partial charge in [-0.25, -0.2) is 5.43 Å². The number of hydrogen-bond acceptors (Lipinski definition) is 4. The molecule has 0 atom stereocenters. The molecular weight excluding hydrogens is 124 g/mol. The van der Waals surface area contributed by atoms with E-state index in [4.69, 9.17) is 4.74 Å². The zero-order valence-electron chi connectivity index (χ0n) is 4.38. The number of hydrazone groups is 1. The van der Waals surface area contributed by atoms with Crippen LogP contribution in [0.2, 0.25) is 0 Å². The molecule has 1 N–H and O–H groups in total. The van der Waals surface area contributed by atoms with Gasteiger partial charge in [-0.15, -0.1) is 17.7 Å². The highest BCUT2D eigenvalue weighted by atomic mass is 32.1. The van der Waals surface area contributed by atoms with E-state index in [0.717, 1.165) is 0 Å². The first-order valence-electron chi connectivity index (χ1n) is 2.15. The molecule has 0 radical (unpaired) electrons. The zero-order valence-corrected chi connectivity index (χ0v) is 5.27. The fourth-order valence-electron chi connectivity index (χ4n) is 0.394. The molecule has 4 heteroatoms. The van der Waals surface area contributed by atoms with Crippen molar-refractivity contribution in [2.45, 2.75) is 6.92 Å². The highest BCUT2D eigenvalue weighted by Gasteiger charge is 2.04. The van der Waals surface area contributed by atoms with Gasteiger partial charge in [0.15, 0.2) is 0 Å². The van der Waals surface area contributed by atoms with Crippen molar-refractivity contribution in [2.24, 2.45) is 5.10 Å². The topological polar surface area (TPSA) is 33.6 Å². The normalized spacial score (nSPS) is 22.2. The molecule has 1 rings (SSSR count). The lowest BCUT2D eigenvalue weighted by Crippen LogP contribution is -1.96. The van der Waals surface area contributed by atoms with Crippen LogP contribution in [0.4, 0.5) is 0 Å². The lowest BCUT2D eigenvalue weighted by atomic mass is 10.8. The summed E-state index contributed by atoms with van der Waals surface area (Å²) in [5.41, 5.74) is 2.61. The number of rotatable bonds is 0. The maximum Gasteiger partial charge on any atom is 0.221 e. The van der Waals surface area contributed by atoms with Gasteiger partial charge in [-0.2, -0.15) is 0 Å². The molecule has 1 aliphatic rings. The summed E-state index contributed by atoms with van der Waals surface area (Å²) in [5, 5.41) is 5.23. The van der Waals surface area contributed by atoms with Crippen LogP contribution in [0.15, 0.2) is 16.4 Å².